The van der Waals surface area contributed by atoms with Gasteiger partial charge in [0.25, 0.3) is 0 Å². The number of aliphatic hydroxyl groups is 1. The smallest absolute Gasteiger partial charge is 0.192 e. The standard InChI is InChI=1S/C19H18ClIO4/c1-24-12-25-11-16(21)17(18(22)13-5-3-2-4-6-13)19(23)14-7-9-15(20)10-8-14/h2-10,19,23H,11-12H2,1H3/b17-16-. The molecule has 0 aliphatic rings. The number of hydrogen-bond acceptors (Lipinski definition) is 4. The number of aliphatic hydroxyl groups excluding tert-OH is 1. The predicted molar refractivity (Wildman–Crippen MR) is 106 cm³/mol. The molecule has 1 N–H and O–H groups in total. The molecule has 0 saturated heterocycles. The van der Waals surface area contributed by atoms with Crippen molar-refractivity contribution < 1.29 is 19.4 Å². The van der Waals surface area contributed by atoms with Crippen LogP contribution in [0, 0.1) is 0 Å². The molecule has 0 bridgehead atoms. The zero-order valence-electron chi connectivity index (χ0n) is 13.6. The van der Waals surface area contributed by atoms with Crippen molar-refractivity contribution in [1.29, 1.82) is 0 Å². The van der Waals surface area contributed by atoms with Crippen LogP contribution in [0.5, 0.6) is 0 Å². The molecule has 0 aromatic heterocycles. The molecule has 0 aliphatic heterocycles. The summed E-state index contributed by atoms with van der Waals surface area (Å²) in [7, 11) is 1.52. The lowest BCUT2D eigenvalue weighted by atomic mass is 9.94. The van der Waals surface area contributed by atoms with Crippen LogP contribution >= 0.6 is 34.2 Å². The van der Waals surface area contributed by atoms with Gasteiger partial charge in [-0.25, -0.2) is 0 Å². The van der Waals surface area contributed by atoms with Crippen molar-refractivity contribution in [3.05, 3.63) is 79.9 Å². The summed E-state index contributed by atoms with van der Waals surface area (Å²) in [6.07, 6.45) is -1.08. The molecule has 2 aromatic carbocycles. The zero-order valence-corrected chi connectivity index (χ0v) is 16.5. The Hall–Kier alpha value is -1.25. The maximum absolute atomic E-state index is 13.0. The van der Waals surface area contributed by atoms with E-state index < -0.39 is 6.10 Å². The van der Waals surface area contributed by atoms with E-state index in [1.807, 2.05) is 28.7 Å². The maximum Gasteiger partial charge on any atom is 0.192 e. The third-order valence-corrected chi connectivity index (χ3v) is 4.61. The van der Waals surface area contributed by atoms with Gasteiger partial charge in [0.2, 0.25) is 0 Å². The first-order valence-electron chi connectivity index (χ1n) is 7.53. The highest BCUT2D eigenvalue weighted by Crippen LogP contribution is 2.31. The van der Waals surface area contributed by atoms with Crippen LogP contribution in [0.4, 0.5) is 0 Å². The minimum Gasteiger partial charge on any atom is -0.383 e. The molecule has 0 radical (unpaired) electrons. The van der Waals surface area contributed by atoms with Crippen LogP contribution in [0.3, 0.4) is 0 Å². The summed E-state index contributed by atoms with van der Waals surface area (Å²) >= 11 is 7.93. The summed E-state index contributed by atoms with van der Waals surface area (Å²) in [4.78, 5) is 13.0. The highest BCUT2D eigenvalue weighted by Gasteiger charge is 2.25. The van der Waals surface area contributed by atoms with E-state index in [1.165, 1.54) is 7.11 Å². The molecular weight excluding hydrogens is 455 g/mol. The van der Waals surface area contributed by atoms with Gasteiger partial charge in [-0.3, -0.25) is 4.79 Å². The molecule has 0 spiro atoms. The van der Waals surface area contributed by atoms with Gasteiger partial charge in [0.05, 0.1) is 6.61 Å². The van der Waals surface area contributed by atoms with Gasteiger partial charge in [0.1, 0.15) is 12.9 Å². The Kier molecular flexibility index (Phi) is 8.05. The van der Waals surface area contributed by atoms with Crippen LogP contribution in [-0.4, -0.2) is 31.4 Å². The number of halogens is 2. The fourth-order valence-corrected chi connectivity index (χ4v) is 3.13. The number of methoxy groups -OCH3 is 1. The fourth-order valence-electron chi connectivity index (χ4n) is 2.24. The summed E-state index contributed by atoms with van der Waals surface area (Å²) in [6, 6.07) is 15.6. The number of ketones is 1. The molecule has 1 unspecified atom stereocenters. The van der Waals surface area contributed by atoms with Crippen LogP contribution in [0.15, 0.2) is 63.8 Å². The second kappa shape index (κ2) is 10.0. The zero-order chi connectivity index (χ0) is 18.2. The van der Waals surface area contributed by atoms with Crippen molar-refractivity contribution in [2.24, 2.45) is 0 Å². The van der Waals surface area contributed by atoms with E-state index in [1.54, 1.807) is 48.5 Å². The summed E-state index contributed by atoms with van der Waals surface area (Å²) < 4.78 is 10.8. The lowest BCUT2D eigenvalue weighted by Gasteiger charge is -2.17. The Morgan fingerprint density at radius 2 is 1.80 bits per heavy atom. The van der Waals surface area contributed by atoms with Crippen molar-refractivity contribution in [2.75, 3.05) is 20.5 Å². The summed E-state index contributed by atoms with van der Waals surface area (Å²) in [6.45, 7) is 0.281. The quantitative estimate of drug-likeness (QED) is 0.201. The Bertz CT molecular complexity index is 729. The molecule has 25 heavy (non-hydrogen) atoms. The van der Waals surface area contributed by atoms with E-state index in [2.05, 4.69) is 0 Å². The number of rotatable bonds is 8. The molecule has 132 valence electrons. The number of carbonyl (C=O) groups excluding carboxylic acids is 1. The molecule has 0 fully saturated rings. The highest BCUT2D eigenvalue weighted by molar-refractivity contribution is 14.1. The molecule has 1 atom stereocenters. The molecule has 2 rings (SSSR count). The first-order chi connectivity index (χ1) is 12.0. The first kappa shape index (κ1) is 20.1. The predicted octanol–water partition coefficient (Wildman–Crippen LogP) is 4.57. The van der Waals surface area contributed by atoms with Crippen LogP contribution < -0.4 is 0 Å². The minimum atomic E-state index is -1.08. The monoisotopic (exact) mass is 472 g/mol. The van der Waals surface area contributed by atoms with Crippen LogP contribution in [-0.2, 0) is 9.47 Å². The molecule has 2 aromatic rings. The lowest BCUT2D eigenvalue weighted by Crippen LogP contribution is -2.15. The number of ether oxygens (including phenoxy) is 2. The molecule has 0 aliphatic carbocycles. The molecular formula is C19H18ClIO4. The number of carbonyl (C=O) groups is 1. The number of hydrogen-bond donors (Lipinski definition) is 1. The summed E-state index contributed by atoms with van der Waals surface area (Å²) in [5, 5.41) is 11.4. The van der Waals surface area contributed by atoms with Crippen LogP contribution in [0.25, 0.3) is 0 Å². The number of Topliss-reactive ketones (excluding diaryl/α,β-unsaturated/α-hetero) is 1. The van der Waals surface area contributed by atoms with Gasteiger partial charge < -0.3 is 14.6 Å². The third-order valence-electron chi connectivity index (χ3n) is 3.46. The topological polar surface area (TPSA) is 55.8 Å². The Morgan fingerprint density at radius 1 is 1.16 bits per heavy atom. The number of benzene rings is 2. The van der Waals surface area contributed by atoms with Crippen molar-refractivity contribution >= 4 is 40.0 Å². The SMILES string of the molecule is COCOC/C(I)=C(\C(=O)c1ccccc1)C(O)c1ccc(Cl)cc1. The van der Waals surface area contributed by atoms with Crippen LogP contribution in [0.1, 0.15) is 22.0 Å². The Morgan fingerprint density at radius 3 is 2.40 bits per heavy atom. The molecule has 0 saturated carbocycles. The van der Waals surface area contributed by atoms with E-state index in [0.29, 0.717) is 19.7 Å². The fraction of sp³-hybridized carbons (Fsp3) is 0.211. The highest BCUT2D eigenvalue weighted by atomic mass is 127. The normalized spacial score (nSPS) is 13.3. The lowest BCUT2D eigenvalue weighted by molar-refractivity contribution is -0.0194. The van der Waals surface area contributed by atoms with Gasteiger partial charge in [0, 0.05) is 26.8 Å². The van der Waals surface area contributed by atoms with E-state index in [-0.39, 0.29) is 24.8 Å². The molecule has 0 amide bonds. The second-order valence-electron chi connectivity index (χ2n) is 5.22. The van der Waals surface area contributed by atoms with Gasteiger partial charge in [-0.05, 0) is 40.3 Å². The maximum atomic E-state index is 13.0. The van der Waals surface area contributed by atoms with Crippen molar-refractivity contribution in [1.82, 2.24) is 0 Å². The Balaban J connectivity index is 2.39. The van der Waals surface area contributed by atoms with E-state index in [0.717, 1.165) is 0 Å². The summed E-state index contributed by atoms with van der Waals surface area (Å²) in [5.41, 5.74) is 1.38. The van der Waals surface area contributed by atoms with E-state index >= 15 is 0 Å². The van der Waals surface area contributed by atoms with Crippen molar-refractivity contribution in [3.63, 3.8) is 0 Å². The molecule has 0 heterocycles. The van der Waals surface area contributed by atoms with Crippen molar-refractivity contribution in [2.45, 2.75) is 6.10 Å². The van der Waals surface area contributed by atoms with E-state index in [9.17, 15) is 9.90 Å². The van der Waals surface area contributed by atoms with Gasteiger partial charge in [-0.15, -0.1) is 0 Å². The summed E-state index contributed by atoms with van der Waals surface area (Å²) in [5.74, 6) is -0.242. The second-order valence-corrected chi connectivity index (χ2v) is 6.96. The molecule has 6 heteroatoms. The van der Waals surface area contributed by atoms with E-state index in [4.69, 9.17) is 21.1 Å². The molecule has 4 nitrogen and oxygen atoms in total. The first-order valence-corrected chi connectivity index (χ1v) is 8.98. The van der Waals surface area contributed by atoms with Crippen LogP contribution in [0.2, 0.25) is 5.02 Å². The van der Waals surface area contributed by atoms with Gasteiger partial charge in [-0.2, -0.15) is 0 Å². The third kappa shape index (κ3) is 5.62. The van der Waals surface area contributed by atoms with Crippen molar-refractivity contribution in [3.8, 4) is 0 Å². The Labute approximate surface area is 165 Å². The largest absolute Gasteiger partial charge is 0.383 e. The average molecular weight is 473 g/mol. The average Bonchev–Trinajstić information content (AvgIpc) is 2.63. The van der Waals surface area contributed by atoms with Gasteiger partial charge in [-0.1, -0.05) is 54.1 Å². The van der Waals surface area contributed by atoms with Gasteiger partial charge >= 0.3 is 0 Å². The van der Waals surface area contributed by atoms with Gasteiger partial charge in [0.15, 0.2) is 5.78 Å². The minimum absolute atomic E-state index is 0.107.